The van der Waals surface area contributed by atoms with Gasteiger partial charge in [-0.15, -0.1) is 0 Å². The fourth-order valence-corrected chi connectivity index (χ4v) is 1.92. The van der Waals surface area contributed by atoms with Crippen molar-refractivity contribution in [1.29, 1.82) is 0 Å². The van der Waals surface area contributed by atoms with Crippen LogP contribution in [0.4, 0.5) is 0 Å². The highest BCUT2D eigenvalue weighted by atomic mass is 16.6. The average molecular weight is 216 g/mol. The maximum absolute atomic E-state index is 10.8. The van der Waals surface area contributed by atoms with E-state index in [1.807, 2.05) is 13.8 Å². The number of carbonyl (C=O) groups is 2. The van der Waals surface area contributed by atoms with Gasteiger partial charge >= 0.3 is 11.9 Å². The van der Waals surface area contributed by atoms with Crippen LogP contribution in [0.25, 0.3) is 0 Å². The molecule has 1 aliphatic rings. The smallest absolute Gasteiger partial charge is 0.332 e. The second kappa shape index (κ2) is 4.18. The lowest BCUT2D eigenvalue weighted by molar-refractivity contribution is -0.182. The standard InChI is InChI=1S/C10H16O5/c1-10(2)6(4-8(12)13)3-7(10)15-9(14)5-11/h6-7,11H,3-5H2,1-2H3,(H,12,13). The molecule has 15 heavy (non-hydrogen) atoms. The van der Waals surface area contributed by atoms with Crippen molar-refractivity contribution in [3.05, 3.63) is 0 Å². The highest BCUT2D eigenvalue weighted by Crippen LogP contribution is 2.49. The lowest BCUT2D eigenvalue weighted by Crippen LogP contribution is -2.52. The Balaban J connectivity index is 2.48. The van der Waals surface area contributed by atoms with Gasteiger partial charge in [-0.25, -0.2) is 4.79 Å². The lowest BCUT2D eigenvalue weighted by atomic mass is 9.59. The monoisotopic (exact) mass is 216 g/mol. The number of carboxylic acids is 1. The molecule has 0 bridgehead atoms. The van der Waals surface area contributed by atoms with E-state index in [2.05, 4.69) is 0 Å². The Morgan fingerprint density at radius 2 is 2.07 bits per heavy atom. The van der Waals surface area contributed by atoms with Gasteiger partial charge in [-0.1, -0.05) is 13.8 Å². The van der Waals surface area contributed by atoms with Gasteiger partial charge in [-0.3, -0.25) is 4.79 Å². The topological polar surface area (TPSA) is 83.8 Å². The zero-order valence-electron chi connectivity index (χ0n) is 8.90. The Morgan fingerprint density at radius 3 is 2.47 bits per heavy atom. The Bertz CT molecular complexity index is 271. The van der Waals surface area contributed by atoms with Crippen LogP contribution in [-0.2, 0) is 14.3 Å². The van der Waals surface area contributed by atoms with Crippen LogP contribution in [0.3, 0.4) is 0 Å². The van der Waals surface area contributed by atoms with Crippen LogP contribution in [0.15, 0.2) is 0 Å². The highest BCUT2D eigenvalue weighted by Gasteiger charge is 2.50. The molecule has 1 saturated carbocycles. The van der Waals surface area contributed by atoms with E-state index in [1.54, 1.807) is 0 Å². The first-order valence-electron chi connectivity index (χ1n) is 4.90. The van der Waals surface area contributed by atoms with Crippen molar-refractivity contribution in [3.63, 3.8) is 0 Å². The number of ether oxygens (including phenoxy) is 1. The van der Waals surface area contributed by atoms with Crippen LogP contribution in [0.1, 0.15) is 26.7 Å². The number of carbonyl (C=O) groups excluding carboxylic acids is 1. The Morgan fingerprint density at radius 1 is 1.47 bits per heavy atom. The SMILES string of the molecule is CC1(C)C(CC(=O)O)CC1OC(=O)CO. The molecule has 1 rings (SSSR count). The highest BCUT2D eigenvalue weighted by molar-refractivity contribution is 5.71. The van der Waals surface area contributed by atoms with Crippen molar-refractivity contribution >= 4 is 11.9 Å². The molecule has 5 heteroatoms. The first-order chi connectivity index (χ1) is 6.87. The van der Waals surface area contributed by atoms with E-state index in [-0.39, 0.29) is 23.9 Å². The normalized spacial score (nSPS) is 27.9. The van der Waals surface area contributed by atoms with E-state index in [0.29, 0.717) is 6.42 Å². The molecule has 2 unspecified atom stereocenters. The van der Waals surface area contributed by atoms with Gasteiger partial charge in [0.1, 0.15) is 12.7 Å². The summed E-state index contributed by atoms with van der Waals surface area (Å²) in [6, 6.07) is 0. The van der Waals surface area contributed by atoms with E-state index in [0.717, 1.165) is 0 Å². The summed E-state index contributed by atoms with van der Waals surface area (Å²) in [5, 5.41) is 17.2. The largest absolute Gasteiger partial charge is 0.481 e. The molecule has 0 aromatic heterocycles. The Labute approximate surface area is 88.0 Å². The Kier molecular flexibility index (Phi) is 3.34. The van der Waals surface area contributed by atoms with Crippen molar-refractivity contribution < 1.29 is 24.5 Å². The van der Waals surface area contributed by atoms with E-state index >= 15 is 0 Å². The van der Waals surface area contributed by atoms with Gasteiger partial charge in [-0.05, 0) is 12.3 Å². The van der Waals surface area contributed by atoms with Gasteiger partial charge in [0.15, 0.2) is 0 Å². The summed E-state index contributed by atoms with van der Waals surface area (Å²) < 4.78 is 4.98. The van der Waals surface area contributed by atoms with Gasteiger partial charge in [0, 0.05) is 11.8 Å². The predicted molar refractivity (Wildman–Crippen MR) is 51.1 cm³/mol. The number of esters is 1. The molecule has 0 aliphatic heterocycles. The second-order valence-corrected chi connectivity index (χ2v) is 4.49. The van der Waals surface area contributed by atoms with Crippen molar-refractivity contribution in [2.75, 3.05) is 6.61 Å². The van der Waals surface area contributed by atoms with Crippen molar-refractivity contribution in [2.24, 2.45) is 11.3 Å². The van der Waals surface area contributed by atoms with Gasteiger partial charge in [-0.2, -0.15) is 0 Å². The third-order valence-corrected chi connectivity index (χ3v) is 3.20. The summed E-state index contributed by atoms with van der Waals surface area (Å²) in [5.41, 5.74) is -0.316. The maximum atomic E-state index is 10.8. The molecule has 0 aromatic carbocycles. The van der Waals surface area contributed by atoms with Gasteiger partial charge < -0.3 is 14.9 Å². The molecule has 2 N–H and O–H groups in total. The number of aliphatic hydroxyl groups excluding tert-OH is 1. The zero-order chi connectivity index (χ0) is 11.6. The summed E-state index contributed by atoms with van der Waals surface area (Å²) in [7, 11) is 0. The van der Waals surface area contributed by atoms with Gasteiger partial charge in [0.05, 0.1) is 0 Å². The fourth-order valence-electron chi connectivity index (χ4n) is 1.92. The fraction of sp³-hybridized carbons (Fsp3) is 0.800. The molecule has 1 aliphatic carbocycles. The van der Waals surface area contributed by atoms with Gasteiger partial charge in [0.2, 0.25) is 0 Å². The number of hydrogen-bond acceptors (Lipinski definition) is 4. The summed E-state index contributed by atoms with van der Waals surface area (Å²) >= 11 is 0. The minimum atomic E-state index is -0.833. The van der Waals surface area contributed by atoms with Crippen molar-refractivity contribution in [2.45, 2.75) is 32.8 Å². The molecule has 1 fully saturated rings. The third-order valence-electron chi connectivity index (χ3n) is 3.20. The molecule has 0 spiro atoms. The number of aliphatic carboxylic acids is 1. The van der Waals surface area contributed by atoms with Crippen LogP contribution in [-0.4, -0.2) is 34.9 Å². The van der Waals surface area contributed by atoms with Crippen LogP contribution < -0.4 is 0 Å². The summed E-state index contributed by atoms with van der Waals surface area (Å²) in [6.45, 7) is 3.12. The first kappa shape index (κ1) is 12.0. The minimum absolute atomic E-state index is 0.0338. The predicted octanol–water partition coefficient (Wildman–Crippen LogP) is 0.411. The third kappa shape index (κ3) is 2.47. The first-order valence-corrected chi connectivity index (χ1v) is 4.90. The molecule has 0 heterocycles. The van der Waals surface area contributed by atoms with E-state index in [9.17, 15) is 9.59 Å². The summed E-state index contributed by atoms with van der Waals surface area (Å²) in [4.78, 5) is 21.4. The molecule has 0 saturated heterocycles. The Hall–Kier alpha value is -1.10. The molecular weight excluding hydrogens is 200 g/mol. The maximum Gasteiger partial charge on any atom is 0.332 e. The molecule has 0 amide bonds. The quantitative estimate of drug-likeness (QED) is 0.665. The molecular formula is C10H16O5. The number of hydrogen-bond donors (Lipinski definition) is 2. The van der Waals surface area contributed by atoms with Crippen molar-refractivity contribution in [3.8, 4) is 0 Å². The van der Waals surface area contributed by atoms with E-state index < -0.39 is 18.5 Å². The molecule has 86 valence electrons. The molecule has 2 atom stereocenters. The van der Waals surface area contributed by atoms with Gasteiger partial charge in [0.25, 0.3) is 0 Å². The molecule has 0 aromatic rings. The summed E-state index contributed by atoms with van der Waals surface area (Å²) in [5.74, 6) is -1.45. The van der Waals surface area contributed by atoms with E-state index in [4.69, 9.17) is 14.9 Å². The minimum Gasteiger partial charge on any atom is -0.481 e. The average Bonchev–Trinajstić information content (AvgIpc) is 2.15. The van der Waals surface area contributed by atoms with Crippen molar-refractivity contribution in [1.82, 2.24) is 0 Å². The van der Waals surface area contributed by atoms with E-state index in [1.165, 1.54) is 0 Å². The second-order valence-electron chi connectivity index (χ2n) is 4.49. The van der Waals surface area contributed by atoms with Crippen LogP contribution in [0.2, 0.25) is 0 Å². The number of aliphatic hydroxyl groups is 1. The lowest BCUT2D eigenvalue weighted by Gasteiger charge is -2.50. The summed E-state index contributed by atoms with van der Waals surface area (Å²) in [6.07, 6.45) is 0.382. The number of carboxylic acid groups (broad SMARTS) is 1. The number of rotatable bonds is 4. The van der Waals surface area contributed by atoms with Crippen LogP contribution in [0, 0.1) is 11.3 Å². The molecule has 5 nitrogen and oxygen atoms in total. The zero-order valence-corrected chi connectivity index (χ0v) is 8.90. The molecule has 0 radical (unpaired) electrons. The van der Waals surface area contributed by atoms with Crippen LogP contribution >= 0.6 is 0 Å². The van der Waals surface area contributed by atoms with Crippen LogP contribution in [0.5, 0.6) is 0 Å².